The fourth-order valence-electron chi connectivity index (χ4n) is 3.67. The van der Waals surface area contributed by atoms with Gasteiger partial charge in [0.25, 0.3) is 0 Å². The van der Waals surface area contributed by atoms with Crippen LogP contribution in [0.2, 0.25) is 0 Å². The van der Waals surface area contributed by atoms with Crippen LogP contribution in [0.25, 0.3) is 11.4 Å². The number of nitrogens with one attached hydrogen (secondary N) is 1. The number of hydrogen-bond acceptors (Lipinski definition) is 4. The van der Waals surface area contributed by atoms with Crippen molar-refractivity contribution in [2.75, 3.05) is 13.1 Å². The van der Waals surface area contributed by atoms with Gasteiger partial charge in [-0.05, 0) is 50.2 Å². The molecule has 2 atom stereocenters. The molecule has 5 nitrogen and oxygen atoms in total. The number of aromatic nitrogens is 4. The Morgan fingerprint density at radius 2 is 2.20 bits per heavy atom. The summed E-state index contributed by atoms with van der Waals surface area (Å²) in [4.78, 5) is 6.78. The summed E-state index contributed by atoms with van der Waals surface area (Å²) in [6, 6.07) is 5.04. The van der Waals surface area contributed by atoms with Gasteiger partial charge in [0.1, 0.15) is 0 Å². The van der Waals surface area contributed by atoms with E-state index >= 15 is 0 Å². The Hall–Kier alpha value is -1.53. The third kappa shape index (κ3) is 1.83. The monoisotopic (exact) mass is 287 g/mol. The summed E-state index contributed by atoms with van der Waals surface area (Å²) < 4.78 is 2.94. The molecule has 2 aromatic heterocycles. The zero-order valence-corrected chi connectivity index (χ0v) is 12.0. The second kappa shape index (κ2) is 4.79. The summed E-state index contributed by atoms with van der Waals surface area (Å²) >= 11 is 5.48. The number of H-pyrrole nitrogens is 1. The minimum Gasteiger partial charge on any atom is -0.298 e. The highest BCUT2D eigenvalue weighted by atomic mass is 32.1. The molecule has 2 aliphatic heterocycles. The summed E-state index contributed by atoms with van der Waals surface area (Å²) in [7, 11) is 0. The molecule has 20 heavy (non-hydrogen) atoms. The molecule has 0 spiro atoms. The lowest BCUT2D eigenvalue weighted by Crippen LogP contribution is -2.28. The van der Waals surface area contributed by atoms with Crippen molar-refractivity contribution in [1.29, 1.82) is 0 Å². The number of rotatable bonds is 2. The van der Waals surface area contributed by atoms with Gasteiger partial charge >= 0.3 is 0 Å². The number of aromatic amines is 1. The second-order valence-corrected chi connectivity index (χ2v) is 5.95. The van der Waals surface area contributed by atoms with Crippen LogP contribution >= 0.6 is 12.2 Å². The van der Waals surface area contributed by atoms with Gasteiger partial charge in [-0.3, -0.25) is 19.5 Å². The topological polar surface area (TPSA) is 49.7 Å². The Morgan fingerprint density at radius 3 is 3.05 bits per heavy atom. The maximum Gasteiger partial charge on any atom is 0.195 e. The van der Waals surface area contributed by atoms with Crippen molar-refractivity contribution >= 4 is 12.2 Å². The van der Waals surface area contributed by atoms with Crippen molar-refractivity contribution < 1.29 is 0 Å². The highest BCUT2D eigenvalue weighted by Crippen LogP contribution is 2.37. The predicted molar refractivity (Wildman–Crippen MR) is 78.9 cm³/mol. The van der Waals surface area contributed by atoms with Crippen molar-refractivity contribution in [3.8, 4) is 11.4 Å². The molecule has 0 aliphatic carbocycles. The maximum absolute atomic E-state index is 5.48. The van der Waals surface area contributed by atoms with Crippen molar-refractivity contribution in [2.24, 2.45) is 0 Å². The Bertz CT molecular complexity index is 662. The average molecular weight is 287 g/mol. The molecular weight excluding hydrogens is 270 g/mol. The number of pyridine rings is 1. The average Bonchev–Trinajstić information content (AvgIpc) is 3.15. The first-order chi connectivity index (χ1) is 9.84. The second-order valence-electron chi connectivity index (χ2n) is 5.57. The molecule has 2 saturated heterocycles. The van der Waals surface area contributed by atoms with Crippen molar-refractivity contribution in [1.82, 2.24) is 24.6 Å². The summed E-state index contributed by atoms with van der Waals surface area (Å²) in [5, 5.41) is 7.39. The van der Waals surface area contributed by atoms with E-state index in [-0.39, 0.29) is 0 Å². The van der Waals surface area contributed by atoms with Crippen LogP contribution in [0.4, 0.5) is 0 Å². The van der Waals surface area contributed by atoms with Crippen LogP contribution in [-0.2, 0) is 0 Å². The molecule has 104 valence electrons. The maximum atomic E-state index is 5.48. The van der Waals surface area contributed by atoms with Gasteiger partial charge in [0.2, 0.25) is 0 Å². The first kappa shape index (κ1) is 12.2. The first-order valence-electron chi connectivity index (χ1n) is 7.16. The van der Waals surface area contributed by atoms with Crippen molar-refractivity contribution in [2.45, 2.75) is 31.3 Å². The van der Waals surface area contributed by atoms with Crippen LogP contribution in [0.3, 0.4) is 0 Å². The fraction of sp³-hybridized carbons (Fsp3) is 0.500. The van der Waals surface area contributed by atoms with E-state index < -0.39 is 0 Å². The molecule has 0 radical (unpaired) electrons. The Balaban J connectivity index is 1.79. The smallest absolute Gasteiger partial charge is 0.195 e. The van der Waals surface area contributed by atoms with Gasteiger partial charge in [0.15, 0.2) is 10.6 Å². The van der Waals surface area contributed by atoms with Crippen LogP contribution in [-0.4, -0.2) is 43.8 Å². The minimum absolute atomic E-state index is 0.443. The van der Waals surface area contributed by atoms with Gasteiger partial charge in [-0.1, -0.05) is 0 Å². The van der Waals surface area contributed by atoms with Crippen LogP contribution in [0.5, 0.6) is 0 Å². The zero-order chi connectivity index (χ0) is 13.5. The quantitative estimate of drug-likeness (QED) is 0.862. The van der Waals surface area contributed by atoms with E-state index in [4.69, 9.17) is 12.2 Å². The molecule has 4 heterocycles. The molecular formula is C14H17N5S. The molecule has 0 aromatic carbocycles. The molecule has 0 saturated carbocycles. The SMILES string of the molecule is S=c1[nH]nc(-c2cccnc2)n1C1CCN2CCCC12. The van der Waals surface area contributed by atoms with Crippen LogP contribution in [0.15, 0.2) is 24.5 Å². The molecule has 2 aliphatic rings. The van der Waals surface area contributed by atoms with E-state index in [9.17, 15) is 0 Å². The molecule has 2 fully saturated rings. The highest BCUT2D eigenvalue weighted by Gasteiger charge is 2.39. The summed E-state index contributed by atoms with van der Waals surface area (Å²) in [5.74, 6) is 0.918. The summed E-state index contributed by atoms with van der Waals surface area (Å²) in [5.41, 5.74) is 1.02. The van der Waals surface area contributed by atoms with E-state index in [2.05, 4.69) is 24.6 Å². The lowest BCUT2D eigenvalue weighted by molar-refractivity contribution is 0.290. The van der Waals surface area contributed by atoms with Gasteiger partial charge in [0.05, 0.1) is 6.04 Å². The third-order valence-corrected chi connectivity index (χ3v) is 4.81. The standard InChI is InChI=1S/C14H17N5S/c20-14-17-16-13(10-3-1-6-15-9-10)19(14)12-5-8-18-7-2-4-11(12)18/h1,3,6,9,11-12H,2,4-5,7-8H2,(H,17,20). The van der Waals surface area contributed by atoms with Gasteiger partial charge in [-0.2, -0.15) is 5.10 Å². The normalized spacial score (nSPS) is 26.0. The minimum atomic E-state index is 0.443. The molecule has 4 rings (SSSR count). The molecule has 2 aromatic rings. The largest absolute Gasteiger partial charge is 0.298 e. The van der Waals surface area contributed by atoms with Crippen molar-refractivity contribution in [3.63, 3.8) is 0 Å². The third-order valence-electron chi connectivity index (χ3n) is 4.53. The summed E-state index contributed by atoms with van der Waals surface area (Å²) in [6.45, 7) is 2.41. The van der Waals surface area contributed by atoms with Crippen LogP contribution in [0, 0.1) is 4.77 Å². The van der Waals surface area contributed by atoms with E-state index in [1.807, 2.05) is 18.3 Å². The van der Waals surface area contributed by atoms with E-state index in [1.165, 1.54) is 25.9 Å². The Kier molecular flexibility index (Phi) is 2.93. The molecule has 6 heteroatoms. The van der Waals surface area contributed by atoms with Gasteiger partial charge < -0.3 is 0 Å². The lowest BCUT2D eigenvalue weighted by atomic mass is 10.1. The predicted octanol–water partition coefficient (Wildman–Crippen LogP) is 2.41. The lowest BCUT2D eigenvalue weighted by Gasteiger charge is -2.22. The van der Waals surface area contributed by atoms with Gasteiger partial charge in [0, 0.05) is 30.5 Å². The van der Waals surface area contributed by atoms with E-state index in [0.717, 1.165) is 22.6 Å². The molecule has 0 amide bonds. The highest BCUT2D eigenvalue weighted by molar-refractivity contribution is 7.71. The Labute approximate surface area is 122 Å². The molecule has 2 unspecified atom stereocenters. The zero-order valence-electron chi connectivity index (χ0n) is 11.2. The van der Waals surface area contributed by atoms with Gasteiger partial charge in [-0.25, -0.2) is 0 Å². The molecule has 0 bridgehead atoms. The van der Waals surface area contributed by atoms with Gasteiger partial charge in [-0.15, -0.1) is 0 Å². The fourth-order valence-corrected chi connectivity index (χ4v) is 3.94. The van der Waals surface area contributed by atoms with Crippen LogP contribution in [0.1, 0.15) is 25.3 Å². The van der Waals surface area contributed by atoms with Crippen LogP contribution < -0.4 is 0 Å². The molecule has 1 N–H and O–H groups in total. The first-order valence-corrected chi connectivity index (χ1v) is 7.57. The summed E-state index contributed by atoms with van der Waals surface area (Å²) in [6.07, 6.45) is 7.36. The number of nitrogens with zero attached hydrogens (tertiary/aromatic N) is 4. The number of hydrogen-bond donors (Lipinski definition) is 1. The van der Waals surface area contributed by atoms with Crippen molar-refractivity contribution in [3.05, 3.63) is 29.3 Å². The number of fused-ring (bicyclic) bond motifs is 1. The Morgan fingerprint density at radius 1 is 1.25 bits per heavy atom. The van der Waals surface area contributed by atoms with E-state index in [1.54, 1.807) is 6.20 Å². The van der Waals surface area contributed by atoms with E-state index in [0.29, 0.717) is 12.1 Å².